The third kappa shape index (κ3) is 9.17. The number of nitrogens with one attached hydrogen (secondary N) is 2. The third-order valence-corrected chi connectivity index (χ3v) is 4.55. The fourth-order valence-electron chi connectivity index (χ4n) is 3.30. The number of ketones is 2. The van der Waals surface area contributed by atoms with E-state index < -0.39 is 46.9 Å². The van der Waals surface area contributed by atoms with E-state index in [1.54, 1.807) is 27.7 Å². The fourth-order valence-corrected chi connectivity index (χ4v) is 3.30. The lowest BCUT2D eigenvalue weighted by molar-refractivity contribution is -0.131. The lowest BCUT2D eigenvalue weighted by atomic mass is 9.96. The molecule has 2 atom stereocenters. The first-order chi connectivity index (χ1) is 15.6. The van der Waals surface area contributed by atoms with E-state index in [9.17, 15) is 19.2 Å². The number of rotatable bonds is 10. The predicted octanol–water partition coefficient (Wildman–Crippen LogP) is 2.56. The molecule has 0 fully saturated rings. The minimum Gasteiger partial charge on any atom is -0.493 e. The lowest BCUT2D eigenvalue weighted by Crippen LogP contribution is -2.55. The zero-order valence-corrected chi connectivity index (χ0v) is 21.6. The highest BCUT2D eigenvalue weighted by molar-refractivity contribution is 6.21. The van der Waals surface area contributed by atoms with Gasteiger partial charge in [0, 0.05) is 18.2 Å². The molecular weight excluding hydrogens is 444 g/mol. The number of Topliss-reactive ketones (excluding diaryl/α,β-unsaturated/α-hetero) is 1. The summed E-state index contributed by atoms with van der Waals surface area (Å²) in [4.78, 5) is 49.9. The van der Waals surface area contributed by atoms with Crippen molar-refractivity contribution in [3.63, 3.8) is 0 Å². The molecule has 1 aliphatic carbocycles. The Morgan fingerprint density at radius 1 is 1.00 bits per heavy atom. The number of ether oxygens (including phenoxy) is 4. The second kappa shape index (κ2) is 12.0. The maximum atomic E-state index is 12.9. The Hall–Kier alpha value is -2.88. The van der Waals surface area contributed by atoms with Crippen LogP contribution in [0.4, 0.5) is 4.79 Å². The molecule has 0 unspecified atom stereocenters. The average molecular weight is 483 g/mol. The van der Waals surface area contributed by atoms with Crippen LogP contribution < -0.4 is 10.6 Å². The zero-order valence-electron chi connectivity index (χ0n) is 21.6. The summed E-state index contributed by atoms with van der Waals surface area (Å²) in [6, 6.07) is -1.01. The Morgan fingerprint density at radius 2 is 1.62 bits per heavy atom. The fraction of sp³-hybridized carbons (Fsp3) is 0.667. The van der Waals surface area contributed by atoms with E-state index in [2.05, 4.69) is 10.6 Å². The van der Waals surface area contributed by atoms with Crippen LogP contribution >= 0.6 is 0 Å². The number of amides is 2. The van der Waals surface area contributed by atoms with Crippen LogP contribution in [0.1, 0.15) is 61.3 Å². The first kappa shape index (κ1) is 29.2. The molecule has 0 aliphatic heterocycles. The Morgan fingerprint density at radius 3 is 2.12 bits per heavy atom. The number of hydrogen-bond acceptors (Lipinski definition) is 8. The molecule has 192 valence electrons. The van der Waals surface area contributed by atoms with Gasteiger partial charge in [-0.2, -0.15) is 0 Å². The van der Waals surface area contributed by atoms with Crippen LogP contribution in [0.15, 0.2) is 23.2 Å². The van der Waals surface area contributed by atoms with E-state index in [4.69, 9.17) is 18.9 Å². The molecule has 1 rings (SSSR count). The summed E-state index contributed by atoms with van der Waals surface area (Å²) in [5.41, 5.74) is -1.09. The van der Waals surface area contributed by atoms with Crippen molar-refractivity contribution in [2.45, 2.75) is 84.7 Å². The topological polar surface area (TPSA) is 129 Å². The second-order valence-corrected chi connectivity index (χ2v) is 9.87. The van der Waals surface area contributed by atoms with E-state index in [-0.39, 0.29) is 30.1 Å². The maximum absolute atomic E-state index is 12.9. The SMILES string of the molecule is COC1=CC(=O)C(OC)=C(CCCNC(=O)[C@@H](NC(=O)OC(C)(C)C)[C@@H](C)OC(C)(C)C)C1=O. The van der Waals surface area contributed by atoms with Gasteiger partial charge in [-0.15, -0.1) is 0 Å². The third-order valence-electron chi connectivity index (χ3n) is 4.55. The number of carbonyl (C=O) groups is 4. The van der Waals surface area contributed by atoms with Gasteiger partial charge in [-0.3, -0.25) is 14.4 Å². The van der Waals surface area contributed by atoms with Gasteiger partial charge in [0.2, 0.25) is 17.5 Å². The van der Waals surface area contributed by atoms with Gasteiger partial charge in [0.05, 0.1) is 25.9 Å². The Balaban J connectivity index is 2.83. The first-order valence-electron chi connectivity index (χ1n) is 11.2. The molecule has 0 heterocycles. The molecule has 0 aromatic rings. The molecule has 0 bridgehead atoms. The smallest absolute Gasteiger partial charge is 0.408 e. The zero-order chi connectivity index (χ0) is 26.3. The number of methoxy groups -OCH3 is 2. The largest absolute Gasteiger partial charge is 0.493 e. The van der Waals surface area contributed by atoms with Crippen molar-refractivity contribution in [1.82, 2.24) is 10.6 Å². The maximum Gasteiger partial charge on any atom is 0.408 e. The van der Waals surface area contributed by atoms with Crippen LogP contribution in [-0.4, -0.2) is 67.7 Å². The molecule has 10 nitrogen and oxygen atoms in total. The Labute approximate surface area is 201 Å². The van der Waals surface area contributed by atoms with Gasteiger partial charge in [0.1, 0.15) is 11.6 Å². The molecule has 0 saturated carbocycles. The highest BCUT2D eigenvalue weighted by Gasteiger charge is 2.33. The monoisotopic (exact) mass is 482 g/mol. The van der Waals surface area contributed by atoms with Crippen LogP contribution in [0.2, 0.25) is 0 Å². The van der Waals surface area contributed by atoms with Crippen LogP contribution in [0.3, 0.4) is 0 Å². The van der Waals surface area contributed by atoms with Gasteiger partial charge in [-0.25, -0.2) is 4.79 Å². The second-order valence-electron chi connectivity index (χ2n) is 9.87. The molecule has 0 aromatic carbocycles. The minimum absolute atomic E-state index is 0.0335. The van der Waals surface area contributed by atoms with E-state index in [0.29, 0.717) is 6.42 Å². The Bertz CT molecular complexity index is 846. The highest BCUT2D eigenvalue weighted by atomic mass is 16.6. The predicted molar refractivity (Wildman–Crippen MR) is 125 cm³/mol. The van der Waals surface area contributed by atoms with Gasteiger partial charge in [0.15, 0.2) is 11.5 Å². The molecule has 2 N–H and O–H groups in total. The number of hydrogen-bond donors (Lipinski definition) is 2. The van der Waals surface area contributed by atoms with Crippen molar-refractivity contribution in [1.29, 1.82) is 0 Å². The molecule has 0 spiro atoms. The van der Waals surface area contributed by atoms with Crippen molar-refractivity contribution < 1.29 is 38.1 Å². The molecule has 0 radical (unpaired) electrons. The summed E-state index contributed by atoms with van der Waals surface area (Å²) in [6.07, 6.45) is 0.236. The van der Waals surface area contributed by atoms with Crippen molar-refractivity contribution >= 4 is 23.6 Å². The summed E-state index contributed by atoms with van der Waals surface area (Å²) < 4.78 is 21.2. The normalized spacial score (nSPS) is 16.4. The number of allylic oxidation sites excluding steroid dienone is 2. The summed E-state index contributed by atoms with van der Waals surface area (Å²) in [5, 5.41) is 5.32. The molecular formula is C24H38N2O8. The van der Waals surface area contributed by atoms with E-state index in [1.807, 2.05) is 20.8 Å². The van der Waals surface area contributed by atoms with E-state index in [0.717, 1.165) is 6.08 Å². The van der Waals surface area contributed by atoms with Crippen molar-refractivity contribution in [3.05, 3.63) is 23.2 Å². The van der Waals surface area contributed by atoms with Gasteiger partial charge < -0.3 is 29.6 Å². The standard InChI is InChI=1S/C24H38N2O8/c1-14(33-23(2,3)4)18(26-22(30)34-24(5,6)7)21(29)25-12-10-11-15-19(28)17(31-8)13-16(27)20(15)32-9/h13-14,18H,10-12H2,1-9H3,(H,25,29)(H,26,30)/t14-,18+/m1/s1. The van der Waals surface area contributed by atoms with Crippen LogP contribution in [0.5, 0.6) is 0 Å². The summed E-state index contributed by atoms with van der Waals surface area (Å²) in [6.45, 7) is 12.6. The minimum atomic E-state index is -1.01. The first-order valence-corrected chi connectivity index (χ1v) is 11.2. The van der Waals surface area contributed by atoms with Crippen LogP contribution in [0, 0.1) is 0 Å². The van der Waals surface area contributed by atoms with Crippen LogP contribution in [0.25, 0.3) is 0 Å². The Kier molecular flexibility index (Phi) is 10.3. The average Bonchev–Trinajstić information content (AvgIpc) is 2.68. The highest BCUT2D eigenvalue weighted by Crippen LogP contribution is 2.24. The number of carbonyl (C=O) groups excluding carboxylic acids is 4. The van der Waals surface area contributed by atoms with Crippen LogP contribution in [-0.2, 0) is 33.3 Å². The molecule has 1 aliphatic rings. The van der Waals surface area contributed by atoms with Gasteiger partial charge in [-0.05, 0) is 61.3 Å². The molecule has 0 saturated heterocycles. The van der Waals surface area contributed by atoms with Crippen molar-refractivity contribution in [2.75, 3.05) is 20.8 Å². The summed E-state index contributed by atoms with van der Waals surface area (Å²) in [5.74, 6) is -1.44. The molecule has 2 amide bonds. The molecule has 10 heteroatoms. The molecule has 0 aromatic heterocycles. The van der Waals surface area contributed by atoms with Crippen molar-refractivity contribution in [3.8, 4) is 0 Å². The number of alkyl carbamates (subject to hydrolysis) is 1. The molecule has 34 heavy (non-hydrogen) atoms. The van der Waals surface area contributed by atoms with Gasteiger partial charge >= 0.3 is 6.09 Å². The van der Waals surface area contributed by atoms with E-state index >= 15 is 0 Å². The quantitative estimate of drug-likeness (QED) is 0.359. The van der Waals surface area contributed by atoms with Gasteiger partial charge in [-0.1, -0.05) is 0 Å². The van der Waals surface area contributed by atoms with Crippen molar-refractivity contribution in [2.24, 2.45) is 0 Å². The summed E-state index contributed by atoms with van der Waals surface area (Å²) >= 11 is 0. The summed E-state index contributed by atoms with van der Waals surface area (Å²) in [7, 11) is 2.63. The van der Waals surface area contributed by atoms with Gasteiger partial charge in [0.25, 0.3) is 0 Å². The lowest BCUT2D eigenvalue weighted by Gasteiger charge is -2.31. The van der Waals surface area contributed by atoms with E-state index in [1.165, 1.54) is 14.2 Å².